The summed E-state index contributed by atoms with van der Waals surface area (Å²) in [5.74, 6) is 0.426. The molecule has 0 spiro atoms. The molecule has 0 fully saturated rings. The van der Waals surface area contributed by atoms with Gasteiger partial charge in [-0.2, -0.15) is 0 Å². The van der Waals surface area contributed by atoms with Crippen LogP contribution in [0.1, 0.15) is 25.3 Å². The molecule has 0 saturated carbocycles. The third kappa shape index (κ3) is 2.63. The number of halogens is 2. The van der Waals surface area contributed by atoms with Crippen molar-refractivity contribution in [1.82, 2.24) is 5.32 Å². The summed E-state index contributed by atoms with van der Waals surface area (Å²) < 4.78 is 0. The minimum atomic E-state index is 0.423. The van der Waals surface area contributed by atoms with E-state index < -0.39 is 0 Å². The second-order valence-corrected chi connectivity index (χ2v) is 4.35. The van der Waals surface area contributed by atoms with Gasteiger partial charge in [-0.05, 0) is 37.6 Å². The lowest BCUT2D eigenvalue weighted by molar-refractivity contribution is 0.524. The molecule has 2 unspecified atom stereocenters. The summed E-state index contributed by atoms with van der Waals surface area (Å²) in [4.78, 5) is 0. The Morgan fingerprint density at radius 3 is 2.29 bits per heavy atom. The van der Waals surface area contributed by atoms with Crippen LogP contribution >= 0.6 is 23.2 Å². The Hall–Kier alpha value is -0.240. The summed E-state index contributed by atoms with van der Waals surface area (Å²) in [7, 11) is 1.96. The van der Waals surface area contributed by atoms with Crippen molar-refractivity contribution in [3.05, 3.63) is 33.8 Å². The lowest BCUT2D eigenvalue weighted by Gasteiger charge is -2.19. The average molecular weight is 232 g/mol. The van der Waals surface area contributed by atoms with Gasteiger partial charge < -0.3 is 5.32 Å². The monoisotopic (exact) mass is 231 g/mol. The van der Waals surface area contributed by atoms with Gasteiger partial charge >= 0.3 is 0 Å². The zero-order valence-electron chi connectivity index (χ0n) is 8.64. The summed E-state index contributed by atoms with van der Waals surface area (Å²) in [6.07, 6.45) is 0. The molecule has 0 amide bonds. The zero-order chi connectivity index (χ0) is 10.7. The lowest BCUT2D eigenvalue weighted by atomic mass is 9.95. The van der Waals surface area contributed by atoms with Crippen LogP contribution in [0.4, 0.5) is 0 Å². The van der Waals surface area contributed by atoms with Gasteiger partial charge in [-0.25, -0.2) is 0 Å². The Balaban J connectivity index is 2.91. The minimum Gasteiger partial charge on any atom is -0.317 e. The number of rotatable bonds is 3. The van der Waals surface area contributed by atoms with Gasteiger partial charge in [0.1, 0.15) is 0 Å². The van der Waals surface area contributed by atoms with Crippen molar-refractivity contribution in [3.63, 3.8) is 0 Å². The molecule has 0 aliphatic rings. The standard InChI is InChI=1S/C11H15Cl2N/c1-7(8(2)14-3)9-4-5-10(12)11(13)6-9/h4-8,14H,1-3H3. The molecule has 1 aromatic rings. The summed E-state index contributed by atoms with van der Waals surface area (Å²) in [5, 5.41) is 4.46. The van der Waals surface area contributed by atoms with Crippen LogP contribution < -0.4 is 5.32 Å². The van der Waals surface area contributed by atoms with Crippen molar-refractivity contribution in [2.45, 2.75) is 25.8 Å². The Morgan fingerprint density at radius 2 is 1.79 bits per heavy atom. The highest BCUT2D eigenvalue weighted by Crippen LogP contribution is 2.27. The zero-order valence-corrected chi connectivity index (χ0v) is 10.2. The molecule has 0 radical (unpaired) electrons. The van der Waals surface area contributed by atoms with Crippen molar-refractivity contribution in [3.8, 4) is 0 Å². The van der Waals surface area contributed by atoms with E-state index in [0.717, 1.165) is 0 Å². The van der Waals surface area contributed by atoms with Gasteiger partial charge in [-0.15, -0.1) is 0 Å². The van der Waals surface area contributed by atoms with Crippen molar-refractivity contribution < 1.29 is 0 Å². The van der Waals surface area contributed by atoms with Crippen molar-refractivity contribution in [2.75, 3.05) is 7.05 Å². The minimum absolute atomic E-state index is 0.423. The fourth-order valence-corrected chi connectivity index (χ4v) is 1.64. The molecule has 78 valence electrons. The Morgan fingerprint density at radius 1 is 1.14 bits per heavy atom. The highest BCUT2D eigenvalue weighted by atomic mass is 35.5. The van der Waals surface area contributed by atoms with Gasteiger partial charge in [-0.3, -0.25) is 0 Å². The van der Waals surface area contributed by atoms with Crippen LogP contribution in [-0.4, -0.2) is 13.1 Å². The van der Waals surface area contributed by atoms with Gasteiger partial charge in [0.25, 0.3) is 0 Å². The molecule has 1 N–H and O–H groups in total. The first-order valence-electron chi connectivity index (χ1n) is 4.68. The maximum Gasteiger partial charge on any atom is 0.0595 e. The van der Waals surface area contributed by atoms with E-state index in [9.17, 15) is 0 Å². The Bertz CT molecular complexity index is 312. The largest absolute Gasteiger partial charge is 0.317 e. The molecule has 3 heteroatoms. The summed E-state index contributed by atoms with van der Waals surface area (Å²) in [5.41, 5.74) is 1.21. The number of hydrogen-bond donors (Lipinski definition) is 1. The summed E-state index contributed by atoms with van der Waals surface area (Å²) in [6.45, 7) is 4.31. The van der Waals surface area contributed by atoms with E-state index in [1.807, 2.05) is 25.2 Å². The van der Waals surface area contributed by atoms with E-state index in [1.165, 1.54) is 5.56 Å². The van der Waals surface area contributed by atoms with E-state index in [4.69, 9.17) is 23.2 Å². The topological polar surface area (TPSA) is 12.0 Å². The summed E-state index contributed by atoms with van der Waals surface area (Å²) >= 11 is 11.8. The van der Waals surface area contributed by atoms with Crippen LogP contribution in [0.2, 0.25) is 10.0 Å². The first kappa shape index (κ1) is 11.8. The van der Waals surface area contributed by atoms with E-state index >= 15 is 0 Å². The normalized spacial score (nSPS) is 15.2. The number of likely N-dealkylation sites (N-methyl/N-ethyl adjacent to an activating group) is 1. The molecule has 1 aromatic carbocycles. The van der Waals surface area contributed by atoms with Gasteiger partial charge in [0.05, 0.1) is 10.0 Å². The van der Waals surface area contributed by atoms with Gasteiger partial charge in [0.15, 0.2) is 0 Å². The van der Waals surface area contributed by atoms with Crippen LogP contribution in [0.3, 0.4) is 0 Å². The molecule has 0 aliphatic heterocycles. The summed E-state index contributed by atoms with van der Waals surface area (Å²) in [6, 6.07) is 6.22. The lowest BCUT2D eigenvalue weighted by Crippen LogP contribution is -2.27. The molecule has 2 atom stereocenters. The predicted molar refractivity (Wildman–Crippen MR) is 63.4 cm³/mol. The van der Waals surface area contributed by atoms with Crippen LogP contribution in [-0.2, 0) is 0 Å². The molecule has 1 rings (SSSR count). The molecular formula is C11H15Cl2N. The van der Waals surface area contributed by atoms with Gasteiger partial charge in [0, 0.05) is 6.04 Å². The molecular weight excluding hydrogens is 217 g/mol. The van der Waals surface area contributed by atoms with E-state index in [2.05, 4.69) is 19.2 Å². The highest BCUT2D eigenvalue weighted by Gasteiger charge is 2.13. The molecule has 0 aromatic heterocycles. The smallest absolute Gasteiger partial charge is 0.0595 e. The number of benzene rings is 1. The van der Waals surface area contributed by atoms with Crippen LogP contribution in [0.25, 0.3) is 0 Å². The van der Waals surface area contributed by atoms with E-state index in [1.54, 1.807) is 0 Å². The third-order valence-corrected chi connectivity index (χ3v) is 3.41. The molecule has 1 nitrogen and oxygen atoms in total. The fourth-order valence-electron chi connectivity index (χ4n) is 1.33. The van der Waals surface area contributed by atoms with Crippen molar-refractivity contribution in [2.24, 2.45) is 0 Å². The highest BCUT2D eigenvalue weighted by molar-refractivity contribution is 6.42. The molecule has 0 aliphatic carbocycles. The van der Waals surface area contributed by atoms with Crippen molar-refractivity contribution >= 4 is 23.2 Å². The van der Waals surface area contributed by atoms with E-state index in [-0.39, 0.29) is 0 Å². The van der Waals surface area contributed by atoms with E-state index in [0.29, 0.717) is 22.0 Å². The second kappa shape index (κ2) is 5.01. The van der Waals surface area contributed by atoms with Crippen molar-refractivity contribution in [1.29, 1.82) is 0 Å². The fraction of sp³-hybridized carbons (Fsp3) is 0.455. The number of hydrogen-bond acceptors (Lipinski definition) is 1. The van der Waals surface area contributed by atoms with Crippen LogP contribution in [0.15, 0.2) is 18.2 Å². The first-order valence-corrected chi connectivity index (χ1v) is 5.44. The van der Waals surface area contributed by atoms with Gasteiger partial charge in [-0.1, -0.05) is 36.2 Å². The van der Waals surface area contributed by atoms with Crippen LogP contribution in [0.5, 0.6) is 0 Å². The predicted octanol–water partition coefficient (Wildman–Crippen LogP) is 3.70. The molecule has 0 saturated heterocycles. The molecule has 0 bridgehead atoms. The maximum absolute atomic E-state index is 5.95. The first-order chi connectivity index (χ1) is 6.56. The molecule has 14 heavy (non-hydrogen) atoms. The quantitative estimate of drug-likeness (QED) is 0.837. The van der Waals surface area contributed by atoms with Gasteiger partial charge in [0.2, 0.25) is 0 Å². The second-order valence-electron chi connectivity index (χ2n) is 3.54. The SMILES string of the molecule is CNC(C)C(C)c1ccc(Cl)c(Cl)c1. The third-order valence-electron chi connectivity index (χ3n) is 2.67. The average Bonchev–Trinajstić information content (AvgIpc) is 2.20. The Labute approximate surface area is 95.4 Å². The number of nitrogens with one attached hydrogen (secondary N) is 1. The maximum atomic E-state index is 5.95. The molecule has 0 heterocycles. The Kier molecular flexibility index (Phi) is 4.24. The van der Waals surface area contributed by atoms with Crippen LogP contribution in [0, 0.1) is 0 Å².